The first-order chi connectivity index (χ1) is 14.0. The predicted octanol–water partition coefficient (Wildman–Crippen LogP) is 5.20. The smallest absolute Gasteiger partial charge is 0.256 e. The summed E-state index contributed by atoms with van der Waals surface area (Å²) >= 11 is 0. The van der Waals surface area contributed by atoms with Gasteiger partial charge in [-0.05, 0) is 43.5 Å². The molecule has 0 spiro atoms. The normalized spacial score (nSPS) is 17.9. The molecule has 0 aromatic heterocycles. The fourth-order valence-corrected chi connectivity index (χ4v) is 2.88. The average molecular weight is 392 g/mol. The van der Waals surface area contributed by atoms with Crippen LogP contribution in [0.25, 0.3) is 5.70 Å². The van der Waals surface area contributed by atoms with Crippen molar-refractivity contribution in [2.24, 2.45) is 21.8 Å². The first-order valence-electron chi connectivity index (χ1n) is 9.60. The first kappa shape index (κ1) is 22.1. The summed E-state index contributed by atoms with van der Waals surface area (Å²) < 4.78 is 14.7. The third-order valence-electron chi connectivity index (χ3n) is 4.29. The first-order valence-corrected chi connectivity index (χ1v) is 9.60. The van der Waals surface area contributed by atoms with Crippen molar-refractivity contribution >= 4 is 30.4 Å². The minimum atomic E-state index is -0.305. The van der Waals surface area contributed by atoms with Crippen LogP contribution in [0.4, 0.5) is 4.39 Å². The van der Waals surface area contributed by atoms with E-state index in [0.717, 1.165) is 24.0 Å². The summed E-state index contributed by atoms with van der Waals surface area (Å²) in [6, 6.07) is 6.10. The molecule has 1 amide bonds. The number of carbonyl (C=O) groups excluding carboxylic acids is 1. The highest BCUT2D eigenvalue weighted by atomic mass is 19.1. The van der Waals surface area contributed by atoms with Gasteiger partial charge in [0.1, 0.15) is 23.6 Å². The standard InChI is InChI=1S/C24H27FN3O/c1-5-7-8-19(6-2)16-28(17-29)24-21(13-18(3)4)14-26-23(15-27-24)20-9-11-22(25)12-10-20/h5-12,14-18,21H,2,13H2,1,3-4H3/q+1/b7-5-,19-8+,28-16?. The molecule has 150 valence electrons. The lowest BCUT2D eigenvalue weighted by atomic mass is 9.96. The third-order valence-corrected chi connectivity index (χ3v) is 4.29. The van der Waals surface area contributed by atoms with E-state index in [2.05, 4.69) is 30.4 Å². The minimum absolute atomic E-state index is 0.140. The molecule has 1 aliphatic heterocycles. The summed E-state index contributed by atoms with van der Waals surface area (Å²) in [5.41, 5.74) is 2.16. The van der Waals surface area contributed by atoms with Gasteiger partial charge in [0.05, 0.1) is 0 Å². The molecule has 0 saturated heterocycles. The lowest BCUT2D eigenvalue weighted by Gasteiger charge is -2.11. The van der Waals surface area contributed by atoms with E-state index in [1.54, 1.807) is 30.6 Å². The second kappa shape index (κ2) is 11.0. The molecule has 0 aliphatic carbocycles. The van der Waals surface area contributed by atoms with E-state index >= 15 is 0 Å². The molecule has 29 heavy (non-hydrogen) atoms. The van der Waals surface area contributed by atoms with E-state index < -0.39 is 0 Å². The van der Waals surface area contributed by atoms with Crippen molar-refractivity contribution in [1.82, 2.24) is 0 Å². The minimum Gasteiger partial charge on any atom is -0.256 e. The molecule has 0 fully saturated rings. The monoisotopic (exact) mass is 392 g/mol. The number of hydrogen-bond acceptors (Lipinski definition) is 3. The Morgan fingerprint density at radius 2 is 2.03 bits per heavy atom. The molecule has 2 rings (SSSR count). The van der Waals surface area contributed by atoms with Gasteiger partial charge in [-0.3, -0.25) is 9.79 Å². The Morgan fingerprint density at radius 3 is 2.62 bits per heavy atom. The van der Waals surface area contributed by atoms with Gasteiger partial charge < -0.3 is 0 Å². The van der Waals surface area contributed by atoms with Gasteiger partial charge in [-0.15, -0.1) is 0 Å². The highest BCUT2D eigenvalue weighted by Crippen LogP contribution is 2.22. The zero-order valence-corrected chi connectivity index (χ0v) is 17.1. The van der Waals surface area contributed by atoms with Crippen molar-refractivity contribution in [3.8, 4) is 0 Å². The Hall–Kier alpha value is -3.21. The van der Waals surface area contributed by atoms with Crippen LogP contribution in [0, 0.1) is 17.7 Å². The topological polar surface area (TPSA) is 44.8 Å². The van der Waals surface area contributed by atoms with E-state index in [-0.39, 0.29) is 11.7 Å². The van der Waals surface area contributed by atoms with Crippen molar-refractivity contribution in [1.29, 1.82) is 0 Å². The van der Waals surface area contributed by atoms with E-state index in [1.165, 1.54) is 16.7 Å². The van der Waals surface area contributed by atoms with E-state index in [0.29, 0.717) is 17.5 Å². The Bertz CT molecular complexity index is 916. The van der Waals surface area contributed by atoms with Crippen LogP contribution < -0.4 is 0 Å². The molecule has 1 aromatic rings. The van der Waals surface area contributed by atoms with Gasteiger partial charge in [-0.1, -0.05) is 49.7 Å². The summed E-state index contributed by atoms with van der Waals surface area (Å²) in [7, 11) is 0. The van der Waals surface area contributed by atoms with Crippen LogP contribution in [0.15, 0.2) is 76.9 Å². The van der Waals surface area contributed by atoms with Crippen molar-refractivity contribution in [3.05, 3.63) is 78.3 Å². The zero-order valence-electron chi connectivity index (χ0n) is 17.1. The zero-order chi connectivity index (χ0) is 21.2. The summed E-state index contributed by atoms with van der Waals surface area (Å²) in [5, 5.41) is 0. The molecule has 1 aliphatic rings. The number of amidine groups is 1. The molecular formula is C24H27FN3O+. The molecular weight excluding hydrogens is 365 g/mol. The molecule has 1 atom stereocenters. The van der Waals surface area contributed by atoms with E-state index in [4.69, 9.17) is 0 Å². The lowest BCUT2D eigenvalue weighted by molar-refractivity contribution is -0.319. The van der Waals surface area contributed by atoms with E-state index in [1.807, 2.05) is 31.4 Å². The predicted molar refractivity (Wildman–Crippen MR) is 119 cm³/mol. The highest BCUT2D eigenvalue weighted by molar-refractivity contribution is 6.00. The van der Waals surface area contributed by atoms with Gasteiger partial charge in [0.2, 0.25) is 0 Å². The summed E-state index contributed by atoms with van der Waals surface area (Å²) in [6.45, 7) is 9.95. The number of carbonyl (C=O) groups is 1. The van der Waals surface area contributed by atoms with Crippen LogP contribution in [0.2, 0.25) is 0 Å². The number of aliphatic imine (C=N–C) groups is 2. The molecule has 0 radical (unpaired) electrons. The molecule has 0 saturated carbocycles. The third kappa shape index (κ3) is 6.42. The maximum atomic E-state index is 13.2. The lowest BCUT2D eigenvalue weighted by Crippen LogP contribution is -2.30. The molecule has 4 nitrogen and oxygen atoms in total. The number of halogens is 1. The van der Waals surface area contributed by atoms with Crippen LogP contribution in [0.1, 0.15) is 32.8 Å². The van der Waals surface area contributed by atoms with Crippen molar-refractivity contribution in [2.75, 3.05) is 0 Å². The highest BCUT2D eigenvalue weighted by Gasteiger charge is 2.28. The van der Waals surface area contributed by atoms with Crippen LogP contribution in [0.5, 0.6) is 0 Å². The SMILES string of the molecule is C=C/C(C=[N+](C=O)C1=NC=C(c2ccc(F)cc2)N=CC1CC(C)C)=C\C=C/C. The average Bonchev–Trinajstić information content (AvgIpc) is 2.91. The number of rotatable bonds is 7. The second-order valence-corrected chi connectivity index (χ2v) is 7.06. The van der Waals surface area contributed by atoms with E-state index in [9.17, 15) is 9.18 Å². The van der Waals surface area contributed by atoms with Gasteiger partial charge in [-0.2, -0.15) is 4.58 Å². The van der Waals surface area contributed by atoms with Crippen LogP contribution in [0.3, 0.4) is 0 Å². The number of hydrogen-bond donors (Lipinski definition) is 0. The number of nitrogens with zero attached hydrogens (tertiary/aromatic N) is 3. The molecule has 1 unspecified atom stereocenters. The van der Waals surface area contributed by atoms with Gasteiger partial charge in [0.25, 0.3) is 0 Å². The van der Waals surface area contributed by atoms with Gasteiger partial charge in [0, 0.05) is 17.4 Å². The molecule has 0 N–H and O–H groups in total. The van der Waals surface area contributed by atoms with Crippen molar-refractivity contribution in [3.63, 3.8) is 0 Å². The summed E-state index contributed by atoms with van der Waals surface area (Å²) in [5.74, 6) is 0.525. The maximum absolute atomic E-state index is 13.2. The van der Waals surface area contributed by atoms with Gasteiger partial charge >= 0.3 is 12.2 Å². The molecule has 0 bridgehead atoms. The maximum Gasteiger partial charge on any atom is 0.314 e. The Balaban J connectivity index is 2.52. The van der Waals surface area contributed by atoms with Gasteiger partial charge in [-0.25, -0.2) is 4.39 Å². The Morgan fingerprint density at radius 1 is 1.31 bits per heavy atom. The van der Waals surface area contributed by atoms with Crippen LogP contribution in [-0.2, 0) is 4.79 Å². The fraction of sp³-hybridized carbons (Fsp3) is 0.250. The Labute approximate surface area is 171 Å². The van der Waals surface area contributed by atoms with Crippen molar-refractivity contribution < 1.29 is 13.8 Å². The Kier molecular flexibility index (Phi) is 8.34. The molecule has 1 heterocycles. The summed E-state index contributed by atoms with van der Waals surface area (Å²) in [6.07, 6.45) is 14.0. The van der Waals surface area contributed by atoms with Crippen LogP contribution in [-0.4, -0.2) is 29.3 Å². The summed E-state index contributed by atoms with van der Waals surface area (Å²) in [4.78, 5) is 21.1. The second-order valence-electron chi connectivity index (χ2n) is 7.06. The van der Waals surface area contributed by atoms with Crippen LogP contribution >= 0.6 is 0 Å². The number of allylic oxidation sites excluding steroid dienone is 5. The fourth-order valence-electron chi connectivity index (χ4n) is 2.88. The van der Waals surface area contributed by atoms with Crippen molar-refractivity contribution in [2.45, 2.75) is 27.2 Å². The quantitative estimate of drug-likeness (QED) is 0.272. The van der Waals surface area contributed by atoms with Gasteiger partial charge in [0.15, 0.2) is 6.20 Å². The number of benzene rings is 1. The number of amides is 1. The largest absolute Gasteiger partial charge is 0.314 e. The molecule has 1 aromatic carbocycles. The molecule has 5 heteroatoms.